The van der Waals surface area contributed by atoms with Crippen LogP contribution in [0.4, 0.5) is 11.4 Å². The molecule has 3 aromatic carbocycles. The Morgan fingerprint density at radius 2 is 1.24 bits per heavy atom. The fourth-order valence-corrected chi connectivity index (χ4v) is 8.48. The highest BCUT2D eigenvalue weighted by atomic mass is 32.3. The van der Waals surface area contributed by atoms with E-state index < -0.39 is 30.1 Å². The van der Waals surface area contributed by atoms with Gasteiger partial charge in [0.1, 0.15) is 0 Å². The molecule has 8 nitrogen and oxygen atoms in total. The second-order valence-corrected chi connectivity index (χ2v) is 13.3. The van der Waals surface area contributed by atoms with Crippen LogP contribution >= 0.6 is 0 Å². The van der Waals surface area contributed by atoms with Crippen molar-refractivity contribution in [3.05, 3.63) is 84.4 Å². The van der Waals surface area contributed by atoms with E-state index in [1.807, 2.05) is 0 Å². The van der Waals surface area contributed by atoms with Gasteiger partial charge in [-0.25, -0.2) is 25.3 Å². The van der Waals surface area contributed by atoms with E-state index in [0.29, 0.717) is 22.1 Å². The molecule has 0 aromatic heterocycles. The molecular weight excluding hydrogens is 484 g/mol. The lowest BCUT2D eigenvalue weighted by atomic mass is 10.0. The third-order valence-corrected chi connectivity index (χ3v) is 10.7. The number of hydrogen-bond donors (Lipinski definition) is 0. The van der Waals surface area contributed by atoms with E-state index in [9.17, 15) is 25.3 Å². The molecular formula is C22H22N2O6S3. The number of fused-ring (bicyclic) bond motifs is 1. The Kier molecular flexibility index (Phi) is 5.97. The fourth-order valence-electron chi connectivity index (χ4n) is 3.77. The SMILES string of the molecule is CS(=O)(=O)N1CCCc2ccc(N(S(=O)(=O)c3ccccc3)S(=O)(=O)c3ccccc3)cc21. The van der Waals surface area contributed by atoms with E-state index in [4.69, 9.17) is 0 Å². The molecule has 0 bridgehead atoms. The number of aryl methyl sites for hydroxylation is 1. The summed E-state index contributed by atoms with van der Waals surface area (Å²) in [5.74, 6) is 0. The molecule has 0 N–H and O–H groups in total. The molecule has 1 heterocycles. The average molecular weight is 507 g/mol. The van der Waals surface area contributed by atoms with Gasteiger partial charge in [-0.05, 0) is 54.8 Å². The molecule has 174 valence electrons. The molecule has 0 saturated carbocycles. The van der Waals surface area contributed by atoms with Crippen molar-refractivity contribution in [1.82, 2.24) is 0 Å². The molecule has 0 amide bonds. The molecule has 0 radical (unpaired) electrons. The quantitative estimate of drug-likeness (QED) is 0.509. The van der Waals surface area contributed by atoms with Crippen molar-refractivity contribution in [2.45, 2.75) is 22.6 Å². The Bertz CT molecular complexity index is 1420. The minimum Gasteiger partial charge on any atom is -0.270 e. The van der Waals surface area contributed by atoms with Gasteiger partial charge in [0.25, 0.3) is 20.0 Å². The standard InChI is InChI=1S/C22H22N2O6S3/c1-31(25,26)23-16-8-9-18-14-15-19(17-22(18)23)24(32(27,28)20-10-4-2-5-11-20)33(29,30)21-12-6-3-7-13-21/h2-7,10-15,17H,8-9,16H2,1H3. The van der Waals surface area contributed by atoms with Gasteiger partial charge in [0, 0.05) is 6.54 Å². The maximum Gasteiger partial charge on any atom is 0.277 e. The van der Waals surface area contributed by atoms with Crippen LogP contribution in [0.5, 0.6) is 0 Å². The van der Waals surface area contributed by atoms with Crippen molar-refractivity contribution < 1.29 is 25.3 Å². The highest BCUT2D eigenvalue weighted by Gasteiger charge is 2.38. The number of rotatable bonds is 6. The van der Waals surface area contributed by atoms with Gasteiger partial charge in [-0.2, -0.15) is 3.71 Å². The van der Waals surface area contributed by atoms with Crippen LogP contribution in [0.2, 0.25) is 0 Å². The number of anilines is 2. The lowest BCUT2D eigenvalue weighted by molar-refractivity contribution is 0.584. The predicted molar refractivity (Wildman–Crippen MR) is 127 cm³/mol. The van der Waals surface area contributed by atoms with E-state index in [0.717, 1.165) is 6.26 Å². The summed E-state index contributed by atoms with van der Waals surface area (Å²) in [5, 5.41) is 0. The van der Waals surface area contributed by atoms with Gasteiger partial charge in [0.2, 0.25) is 10.0 Å². The minimum absolute atomic E-state index is 0.169. The monoisotopic (exact) mass is 506 g/mol. The summed E-state index contributed by atoms with van der Waals surface area (Å²) in [4.78, 5) is -0.413. The number of sulfonamides is 3. The van der Waals surface area contributed by atoms with Crippen molar-refractivity contribution >= 4 is 41.4 Å². The van der Waals surface area contributed by atoms with Crippen molar-refractivity contribution in [1.29, 1.82) is 0 Å². The van der Waals surface area contributed by atoms with Gasteiger partial charge >= 0.3 is 0 Å². The van der Waals surface area contributed by atoms with Gasteiger partial charge in [0.05, 0.1) is 27.4 Å². The highest BCUT2D eigenvalue weighted by molar-refractivity contribution is 8.10. The molecule has 0 fully saturated rings. The molecule has 0 spiro atoms. The van der Waals surface area contributed by atoms with Crippen molar-refractivity contribution in [2.75, 3.05) is 20.8 Å². The third kappa shape index (κ3) is 4.35. The Hall–Kier alpha value is -2.89. The maximum atomic E-state index is 13.6. The predicted octanol–water partition coefficient (Wildman–Crippen LogP) is 2.98. The van der Waals surface area contributed by atoms with Crippen LogP contribution in [0.15, 0.2) is 88.7 Å². The molecule has 11 heteroatoms. The largest absolute Gasteiger partial charge is 0.277 e. The molecule has 0 saturated heterocycles. The van der Waals surface area contributed by atoms with E-state index >= 15 is 0 Å². The van der Waals surface area contributed by atoms with Crippen LogP contribution in [0.1, 0.15) is 12.0 Å². The van der Waals surface area contributed by atoms with E-state index in [1.165, 1.54) is 65.0 Å². The normalized spacial score (nSPS) is 14.5. The van der Waals surface area contributed by atoms with Crippen LogP contribution in [0, 0.1) is 0 Å². The van der Waals surface area contributed by atoms with Crippen LogP contribution < -0.4 is 8.02 Å². The van der Waals surface area contributed by atoms with Gasteiger partial charge in [-0.3, -0.25) is 4.31 Å². The Morgan fingerprint density at radius 1 is 0.727 bits per heavy atom. The summed E-state index contributed by atoms with van der Waals surface area (Å²) in [7, 11) is -12.8. The van der Waals surface area contributed by atoms with Crippen molar-refractivity contribution in [3.63, 3.8) is 0 Å². The first-order valence-corrected chi connectivity index (χ1v) is 14.8. The smallest absolute Gasteiger partial charge is 0.270 e. The lowest BCUT2D eigenvalue weighted by Gasteiger charge is -2.31. The van der Waals surface area contributed by atoms with E-state index in [2.05, 4.69) is 0 Å². The Labute approximate surface area is 194 Å². The van der Waals surface area contributed by atoms with E-state index in [-0.39, 0.29) is 27.7 Å². The van der Waals surface area contributed by atoms with Crippen LogP contribution in [-0.2, 0) is 36.5 Å². The minimum atomic E-state index is -4.56. The highest BCUT2D eigenvalue weighted by Crippen LogP contribution is 2.37. The number of nitrogens with zero attached hydrogens (tertiary/aromatic N) is 2. The second kappa shape index (κ2) is 8.47. The molecule has 3 aromatic rings. The molecule has 33 heavy (non-hydrogen) atoms. The maximum absolute atomic E-state index is 13.6. The summed E-state index contributed by atoms with van der Waals surface area (Å²) in [6, 6.07) is 18.8. The van der Waals surface area contributed by atoms with E-state index in [1.54, 1.807) is 18.2 Å². The topological polar surface area (TPSA) is 109 Å². The Balaban J connectivity index is 1.98. The molecule has 0 aliphatic carbocycles. The fraction of sp³-hybridized carbons (Fsp3) is 0.182. The zero-order chi connectivity index (χ0) is 23.9. The summed E-state index contributed by atoms with van der Waals surface area (Å²) in [6.07, 6.45) is 2.26. The molecule has 0 unspecified atom stereocenters. The third-order valence-electron chi connectivity index (χ3n) is 5.27. The first-order chi connectivity index (χ1) is 15.5. The molecule has 1 aliphatic heterocycles. The summed E-state index contributed by atoms with van der Waals surface area (Å²) < 4.78 is 80.7. The zero-order valence-corrected chi connectivity index (χ0v) is 20.1. The van der Waals surface area contributed by atoms with Gasteiger partial charge < -0.3 is 0 Å². The first kappa shape index (κ1) is 23.3. The first-order valence-electron chi connectivity index (χ1n) is 10.0. The zero-order valence-electron chi connectivity index (χ0n) is 17.7. The molecule has 0 atom stereocenters. The van der Waals surface area contributed by atoms with Crippen molar-refractivity contribution in [2.24, 2.45) is 0 Å². The lowest BCUT2D eigenvalue weighted by Crippen LogP contribution is -2.38. The molecule has 1 aliphatic rings. The summed E-state index contributed by atoms with van der Waals surface area (Å²) >= 11 is 0. The van der Waals surface area contributed by atoms with Crippen LogP contribution in [0.25, 0.3) is 0 Å². The molecule has 4 rings (SSSR count). The van der Waals surface area contributed by atoms with Crippen LogP contribution in [-0.4, -0.2) is 38.1 Å². The van der Waals surface area contributed by atoms with Gasteiger partial charge in [-0.1, -0.05) is 42.5 Å². The van der Waals surface area contributed by atoms with Gasteiger partial charge in [-0.15, -0.1) is 0 Å². The Morgan fingerprint density at radius 3 is 1.73 bits per heavy atom. The number of hydrogen-bond acceptors (Lipinski definition) is 6. The van der Waals surface area contributed by atoms with Crippen molar-refractivity contribution in [3.8, 4) is 0 Å². The summed E-state index contributed by atoms with van der Waals surface area (Å²) in [5.41, 5.74) is 0.805. The average Bonchev–Trinajstić information content (AvgIpc) is 2.79. The summed E-state index contributed by atoms with van der Waals surface area (Å²) in [6.45, 7) is 0.228. The second-order valence-electron chi connectivity index (χ2n) is 7.59. The van der Waals surface area contributed by atoms with Crippen LogP contribution in [0.3, 0.4) is 0 Å². The number of benzene rings is 3. The van der Waals surface area contributed by atoms with Gasteiger partial charge in [0.15, 0.2) is 0 Å².